The second-order valence-electron chi connectivity index (χ2n) is 7.15. The molecule has 2 aliphatic heterocycles. The molecule has 0 bridgehead atoms. The number of rotatable bonds is 5. The van der Waals surface area contributed by atoms with Gasteiger partial charge >= 0.3 is 5.97 Å². The van der Waals surface area contributed by atoms with Gasteiger partial charge in [-0.2, -0.15) is 0 Å². The molecule has 2 heterocycles. The van der Waals surface area contributed by atoms with Gasteiger partial charge in [0, 0.05) is 14.2 Å². The van der Waals surface area contributed by atoms with E-state index in [2.05, 4.69) is 0 Å². The molecule has 8 heteroatoms. The number of hydrogen-bond donors (Lipinski definition) is 1. The minimum atomic E-state index is -1.86. The van der Waals surface area contributed by atoms with Crippen LogP contribution in [0.4, 0.5) is 0 Å². The number of carbonyl (C=O) groups is 4. The van der Waals surface area contributed by atoms with Crippen molar-refractivity contribution in [3.63, 3.8) is 0 Å². The highest BCUT2D eigenvalue weighted by Crippen LogP contribution is 2.49. The van der Waals surface area contributed by atoms with Crippen LogP contribution in [-0.2, 0) is 23.9 Å². The van der Waals surface area contributed by atoms with Crippen molar-refractivity contribution < 1.29 is 29.0 Å². The van der Waals surface area contributed by atoms with Gasteiger partial charge in [-0.3, -0.25) is 19.3 Å². The van der Waals surface area contributed by atoms with Crippen molar-refractivity contribution in [3.8, 4) is 0 Å². The van der Waals surface area contributed by atoms with E-state index in [1.54, 1.807) is 12.2 Å². The molecule has 0 radical (unpaired) electrons. The molecular weight excluding hydrogens is 364 g/mol. The first-order chi connectivity index (χ1) is 13.2. The van der Waals surface area contributed by atoms with Crippen molar-refractivity contribution >= 4 is 29.8 Å². The minimum absolute atomic E-state index is 0.351. The van der Waals surface area contributed by atoms with E-state index in [0.717, 1.165) is 15.4 Å². The molecule has 0 spiro atoms. The van der Waals surface area contributed by atoms with E-state index in [-0.39, 0.29) is 6.61 Å². The molecule has 1 aromatic rings. The van der Waals surface area contributed by atoms with Crippen molar-refractivity contribution in [2.75, 3.05) is 20.8 Å². The minimum Gasteiger partial charge on any atom is -0.479 e. The molecule has 2 saturated heterocycles. The lowest BCUT2D eigenvalue weighted by molar-refractivity contribution is -0.163. The number of carbonyl (C=O) groups excluding carboxylic acids is 3. The maximum Gasteiger partial charge on any atom is 0.330 e. The summed E-state index contributed by atoms with van der Waals surface area (Å²) in [6.07, 6.45) is 3.34. The number of imide groups is 1. The summed E-state index contributed by atoms with van der Waals surface area (Å²) in [4.78, 5) is 52.6. The van der Waals surface area contributed by atoms with Crippen LogP contribution < -0.4 is 0 Å². The van der Waals surface area contributed by atoms with Crippen molar-refractivity contribution in [2.45, 2.75) is 18.5 Å². The molecule has 2 aliphatic rings. The maximum atomic E-state index is 12.8. The predicted octanol–water partition coefficient (Wildman–Crippen LogP) is 0.631. The fourth-order valence-electron chi connectivity index (χ4n) is 4.22. The Morgan fingerprint density at radius 2 is 1.86 bits per heavy atom. The molecular formula is C20H22N2O6. The van der Waals surface area contributed by atoms with Gasteiger partial charge in [0.25, 0.3) is 0 Å². The Hall–Kier alpha value is -3.00. The maximum absolute atomic E-state index is 12.8. The summed E-state index contributed by atoms with van der Waals surface area (Å²) in [5, 5.41) is 9.96. The summed E-state index contributed by atoms with van der Waals surface area (Å²) < 4.78 is 4.91. The van der Waals surface area contributed by atoms with Crippen molar-refractivity contribution in [2.24, 2.45) is 11.8 Å². The fraction of sp³-hybridized carbons (Fsp3) is 0.400. The van der Waals surface area contributed by atoms with E-state index in [1.165, 1.54) is 21.1 Å². The zero-order valence-corrected chi connectivity index (χ0v) is 15.9. The first-order valence-corrected chi connectivity index (χ1v) is 8.84. The lowest BCUT2D eigenvalue weighted by atomic mass is 9.81. The standard InChI is InChI=1S/C20H22N2O6/c1-20(19(26)27)16-15(17(24)21(2)18(16)25)13(22(20)14(23)11-28-3)10-9-12-7-5-4-6-8-12/h4-10,13,15-16H,11H2,1-3H3,(H,26,27). The number of aliphatic carboxylic acids is 1. The van der Waals surface area contributed by atoms with Gasteiger partial charge in [-0.15, -0.1) is 0 Å². The third-order valence-corrected chi connectivity index (χ3v) is 5.60. The lowest BCUT2D eigenvalue weighted by Gasteiger charge is -2.37. The van der Waals surface area contributed by atoms with Gasteiger partial charge in [-0.05, 0) is 12.5 Å². The molecule has 8 nitrogen and oxygen atoms in total. The molecule has 1 N–H and O–H groups in total. The van der Waals surface area contributed by atoms with Gasteiger partial charge in [0.2, 0.25) is 17.7 Å². The number of benzene rings is 1. The molecule has 148 valence electrons. The topological polar surface area (TPSA) is 104 Å². The average molecular weight is 386 g/mol. The van der Waals surface area contributed by atoms with E-state index in [9.17, 15) is 24.3 Å². The van der Waals surface area contributed by atoms with Gasteiger partial charge in [0.15, 0.2) is 5.54 Å². The Morgan fingerprint density at radius 3 is 2.43 bits per heavy atom. The van der Waals surface area contributed by atoms with E-state index >= 15 is 0 Å². The second kappa shape index (κ2) is 7.20. The smallest absolute Gasteiger partial charge is 0.330 e. The summed E-state index contributed by atoms with van der Waals surface area (Å²) >= 11 is 0. The normalized spacial score (nSPS) is 29.6. The zero-order chi connectivity index (χ0) is 20.6. The Kier molecular flexibility index (Phi) is 5.08. The van der Waals surface area contributed by atoms with Crippen molar-refractivity contribution in [1.82, 2.24) is 9.80 Å². The van der Waals surface area contributed by atoms with E-state index in [1.807, 2.05) is 30.3 Å². The number of methoxy groups -OCH3 is 1. The first kappa shape index (κ1) is 19.8. The molecule has 4 unspecified atom stereocenters. The number of amides is 3. The van der Waals surface area contributed by atoms with Gasteiger partial charge < -0.3 is 14.7 Å². The third kappa shape index (κ3) is 2.80. The van der Waals surface area contributed by atoms with Crippen molar-refractivity contribution in [1.29, 1.82) is 0 Å². The molecule has 0 aliphatic carbocycles. The van der Waals surface area contributed by atoms with E-state index in [4.69, 9.17) is 4.74 Å². The number of likely N-dealkylation sites (tertiary alicyclic amines) is 2. The summed E-state index contributed by atoms with van der Waals surface area (Å²) in [5.74, 6) is -5.12. The average Bonchev–Trinajstić information content (AvgIpc) is 3.07. The van der Waals surface area contributed by atoms with Crippen LogP contribution in [0.15, 0.2) is 36.4 Å². The SMILES string of the molecule is COCC(=O)N1C(C=Cc2ccccc2)C2C(=O)N(C)C(=O)C2C1(C)C(=O)O. The number of nitrogens with zero attached hydrogens (tertiary/aromatic N) is 2. The molecule has 0 saturated carbocycles. The largest absolute Gasteiger partial charge is 0.479 e. The highest BCUT2D eigenvalue weighted by Gasteiger charge is 2.70. The number of carboxylic acid groups (broad SMARTS) is 1. The van der Waals surface area contributed by atoms with Gasteiger partial charge in [-0.25, -0.2) is 4.79 Å². The second-order valence-corrected chi connectivity index (χ2v) is 7.15. The number of fused-ring (bicyclic) bond motifs is 1. The lowest BCUT2D eigenvalue weighted by Crippen LogP contribution is -2.59. The summed E-state index contributed by atoms with van der Waals surface area (Å²) in [6.45, 7) is 0.970. The number of carboxylic acids is 1. The van der Waals surface area contributed by atoms with Crippen LogP contribution in [0.1, 0.15) is 12.5 Å². The molecule has 3 amide bonds. The molecule has 2 fully saturated rings. The fourth-order valence-corrected chi connectivity index (χ4v) is 4.22. The van der Waals surface area contributed by atoms with Crippen molar-refractivity contribution in [3.05, 3.63) is 42.0 Å². The Balaban J connectivity index is 2.13. The monoisotopic (exact) mass is 386 g/mol. The van der Waals surface area contributed by atoms with Crippen LogP contribution in [-0.4, -0.2) is 70.9 Å². The molecule has 4 atom stereocenters. The summed E-state index contributed by atoms with van der Waals surface area (Å²) in [7, 11) is 2.66. The Bertz CT molecular complexity index is 852. The van der Waals surface area contributed by atoms with E-state index in [0.29, 0.717) is 0 Å². The number of ether oxygens (including phenoxy) is 1. The molecule has 3 rings (SSSR count). The van der Waals surface area contributed by atoms with Crippen LogP contribution in [0.3, 0.4) is 0 Å². The van der Waals surface area contributed by atoms with Crippen LogP contribution in [0, 0.1) is 11.8 Å². The van der Waals surface area contributed by atoms with Crippen LogP contribution in [0.5, 0.6) is 0 Å². The molecule has 1 aromatic carbocycles. The van der Waals surface area contributed by atoms with Gasteiger partial charge in [-0.1, -0.05) is 42.5 Å². The molecule has 0 aromatic heterocycles. The predicted molar refractivity (Wildman–Crippen MR) is 98.8 cm³/mol. The van der Waals surface area contributed by atoms with Crippen LogP contribution in [0.2, 0.25) is 0 Å². The van der Waals surface area contributed by atoms with E-state index < -0.39 is 47.1 Å². The summed E-state index contributed by atoms with van der Waals surface area (Å²) in [5.41, 5.74) is -1.03. The van der Waals surface area contributed by atoms with Crippen LogP contribution in [0.25, 0.3) is 6.08 Å². The third-order valence-electron chi connectivity index (χ3n) is 5.60. The zero-order valence-electron chi connectivity index (χ0n) is 15.9. The van der Waals surface area contributed by atoms with Crippen LogP contribution >= 0.6 is 0 Å². The van der Waals surface area contributed by atoms with Gasteiger partial charge in [0.05, 0.1) is 17.9 Å². The Morgan fingerprint density at radius 1 is 1.21 bits per heavy atom. The Labute approximate surface area is 162 Å². The summed E-state index contributed by atoms with van der Waals surface area (Å²) in [6, 6.07) is 8.33. The highest BCUT2D eigenvalue weighted by molar-refractivity contribution is 6.10. The first-order valence-electron chi connectivity index (χ1n) is 8.84. The molecule has 28 heavy (non-hydrogen) atoms. The highest BCUT2D eigenvalue weighted by atomic mass is 16.5. The quantitative estimate of drug-likeness (QED) is 0.745. The van der Waals surface area contributed by atoms with Gasteiger partial charge in [0.1, 0.15) is 6.61 Å². The number of hydrogen-bond acceptors (Lipinski definition) is 5.